The van der Waals surface area contributed by atoms with Gasteiger partial charge in [-0.25, -0.2) is 0 Å². The molecule has 1 fully saturated rings. The second-order valence-corrected chi connectivity index (χ2v) is 5.18. The molecular weight excluding hydrogens is 307 g/mol. The molecule has 0 aromatic heterocycles. The van der Waals surface area contributed by atoms with E-state index in [1.807, 2.05) is 24.3 Å². The van der Waals surface area contributed by atoms with E-state index in [-0.39, 0.29) is 24.8 Å². The summed E-state index contributed by atoms with van der Waals surface area (Å²) in [5, 5.41) is 15.5. The van der Waals surface area contributed by atoms with Crippen LogP contribution >= 0.6 is 24.8 Å². The lowest BCUT2D eigenvalue weighted by Gasteiger charge is -2.33. The Morgan fingerprint density at radius 1 is 1.00 bits per heavy atom. The van der Waals surface area contributed by atoms with Gasteiger partial charge in [0.1, 0.15) is 5.75 Å². The van der Waals surface area contributed by atoms with Gasteiger partial charge in [-0.3, -0.25) is 4.90 Å². The van der Waals surface area contributed by atoms with Gasteiger partial charge in [-0.05, 0) is 23.9 Å². The quantitative estimate of drug-likeness (QED) is 0.887. The molecule has 0 radical (unpaired) electrons. The van der Waals surface area contributed by atoms with E-state index in [0.29, 0.717) is 11.8 Å². The van der Waals surface area contributed by atoms with Crippen molar-refractivity contribution in [3.63, 3.8) is 0 Å². The summed E-state index contributed by atoms with van der Waals surface area (Å²) in [6.45, 7) is 6.53. The number of phenolic OH excluding ortho intramolecular Hbond substituents is 1. The van der Waals surface area contributed by atoms with E-state index in [4.69, 9.17) is 0 Å². The molecule has 116 valence electrons. The van der Waals surface area contributed by atoms with Gasteiger partial charge in [0.05, 0.1) is 0 Å². The molecule has 0 saturated carbocycles. The molecule has 0 unspecified atom stereocenters. The fourth-order valence-corrected chi connectivity index (χ4v) is 2.94. The zero-order valence-corrected chi connectivity index (χ0v) is 13.7. The van der Waals surface area contributed by atoms with E-state index in [2.05, 4.69) is 29.3 Å². The van der Waals surface area contributed by atoms with Gasteiger partial charge in [0.25, 0.3) is 0 Å². The third-order valence-electron chi connectivity index (χ3n) is 4.08. The van der Waals surface area contributed by atoms with Crippen LogP contribution in [0.2, 0.25) is 0 Å². The van der Waals surface area contributed by atoms with Gasteiger partial charge in [0.15, 0.2) is 0 Å². The second kappa shape index (κ2) is 7.85. The first kappa shape index (κ1) is 18.1. The number of aromatic hydroxyl groups is 1. The molecule has 2 N–H and O–H groups in total. The minimum Gasteiger partial charge on any atom is -0.507 e. The number of nitrogens with one attached hydrogen (secondary N) is 1. The Morgan fingerprint density at radius 3 is 2.29 bits per heavy atom. The van der Waals surface area contributed by atoms with Gasteiger partial charge in [0.2, 0.25) is 0 Å². The number of fused-ring (bicyclic) bond motifs is 1. The van der Waals surface area contributed by atoms with E-state index in [0.717, 1.165) is 37.0 Å². The average Bonchev–Trinajstić information content (AvgIpc) is 2.48. The largest absolute Gasteiger partial charge is 0.507 e. The summed E-state index contributed by atoms with van der Waals surface area (Å²) in [4.78, 5) is 2.50. The van der Waals surface area contributed by atoms with Crippen LogP contribution in [0.15, 0.2) is 36.4 Å². The predicted octanol–water partition coefficient (Wildman–Crippen LogP) is 3.36. The molecule has 0 aliphatic carbocycles. The Kier molecular flexibility index (Phi) is 6.75. The summed E-state index contributed by atoms with van der Waals surface area (Å²) >= 11 is 0. The lowest BCUT2D eigenvalue weighted by molar-refractivity contribution is 0.186. The molecule has 0 bridgehead atoms. The van der Waals surface area contributed by atoms with Crippen molar-refractivity contribution in [1.82, 2.24) is 10.2 Å². The van der Waals surface area contributed by atoms with Crippen molar-refractivity contribution in [2.45, 2.75) is 13.0 Å². The summed E-state index contributed by atoms with van der Waals surface area (Å²) in [7, 11) is 0. The van der Waals surface area contributed by atoms with Crippen LogP contribution in [0.4, 0.5) is 0 Å². The topological polar surface area (TPSA) is 35.5 Å². The van der Waals surface area contributed by atoms with Crippen molar-refractivity contribution >= 4 is 35.6 Å². The maximum Gasteiger partial charge on any atom is 0.123 e. The van der Waals surface area contributed by atoms with E-state index in [9.17, 15) is 5.11 Å². The number of piperazine rings is 1. The fourth-order valence-electron chi connectivity index (χ4n) is 2.94. The Bertz CT molecular complexity index is 585. The standard InChI is InChI=1S/C16H20N2O.2ClH/c1-12(18-10-8-17-9-11-18)13-6-7-16(19)15-5-3-2-4-14(13)15;;/h2-7,12,17,19H,8-11H2,1H3;2*1H/t12-;;/m1../s1. The van der Waals surface area contributed by atoms with Crippen LogP contribution in [0.1, 0.15) is 18.5 Å². The van der Waals surface area contributed by atoms with Crippen LogP contribution < -0.4 is 5.32 Å². The number of nitrogens with zero attached hydrogens (tertiary/aromatic N) is 1. The SMILES string of the molecule is C[C@H](c1ccc(O)c2ccccc12)N1CCNCC1.Cl.Cl. The van der Waals surface area contributed by atoms with Gasteiger partial charge in [-0.2, -0.15) is 0 Å². The average molecular weight is 329 g/mol. The van der Waals surface area contributed by atoms with Gasteiger partial charge in [0, 0.05) is 37.6 Å². The van der Waals surface area contributed by atoms with Crippen LogP contribution in [0.5, 0.6) is 5.75 Å². The van der Waals surface area contributed by atoms with Crippen LogP contribution in [0, 0.1) is 0 Å². The maximum absolute atomic E-state index is 9.96. The summed E-state index contributed by atoms with van der Waals surface area (Å²) in [5.74, 6) is 0.367. The van der Waals surface area contributed by atoms with Crippen LogP contribution in [0.3, 0.4) is 0 Å². The molecule has 0 amide bonds. The van der Waals surface area contributed by atoms with Crippen molar-refractivity contribution in [2.24, 2.45) is 0 Å². The zero-order valence-electron chi connectivity index (χ0n) is 12.1. The van der Waals surface area contributed by atoms with Gasteiger partial charge >= 0.3 is 0 Å². The van der Waals surface area contributed by atoms with Crippen molar-refractivity contribution in [2.75, 3.05) is 26.2 Å². The minimum atomic E-state index is 0. The third kappa shape index (κ3) is 3.61. The highest BCUT2D eigenvalue weighted by atomic mass is 35.5. The van der Waals surface area contributed by atoms with Crippen molar-refractivity contribution in [1.29, 1.82) is 0 Å². The Morgan fingerprint density at radius 2 is 1.62 bits per heavy atom. The molecule has 3 nitrogen and oxygen atoms in total. The Hall–Kier alpha value is -1.000. The fraction of sp³-hybridized carbons (Fsp3) is 0.375. The molecule has 21 heavy (non-hydrogen) atoms. The highest BCUT2D eigenvalue weighted by Crippen LogP contribution is 2.32. The Balaban J connectivity index is 0.00000110. The normalized spacial score (nSPS) is 16.8. The number of benzene rings is 2. The van der Waals surface area contributed by atoms with Crippen molar-refractivity contribution in [3.8, 4) is 5.75 Å². The lowest BCUT2D eigenvalue weighted by Crippen LogP contribution is -2.44. The molecule has 5 heteroatoms. The number of hydrogen-bond acceptors (Lipinski definition) is 3. The molecule has 1 saturated heterocycles. The Labute approximate surface area is 138 Å². The molecule has 1 atom stereocenters. The smallest absolute Gasteiger partial charge is 0.123 e. The van der Waals surface area contributed by atoms with Crippen LogP contribution in [0.25, 0.3) is 10.8 Å². The number of halogens is 2. The summed E-state index contributed by atoms with van der Waals surface area (Å²) in [6, 6.07) is 12.4. The number of hydrogen-bond donors (Lipinski definition) is 2. The molecule has 0 spiro atoms. The lowest BCUT2D eigenvalue weighted by atomic mass is 9.97. The van der Waals surface area contributed by atoms with E-state index in [1.54, 1.807) is 0 Å². The zero-order chi connectivity index (χ0) is 13.2. The molecule has 1 aliphatic rings. The van der Waals surface area contributed by atoms with Crippen LogP contribution in [-0.2, 0) is 0 Å². The minimum absolute atomic E-state index is 0. The number of phenols is 1. The highest BCUT2D eigenvalue weighted by molar-refractivity contribution is 5.91. The first-order valence-corrected chi connectivity index (χ1v) is 6.93. The second-order valence-electron chi connectivity index (χ2n) is 5.18. The first-order chi connectivity index (χ1) is 9.27. The number of rotatable bonds is 2. The first-order valence-electron chi connectivity index (χ1n) is 6.93. The molecule has 3 rings (SSSR count). The van der Waals surface area contributed by atoms with E-state index in [1.165, 1.54) is 5.56 Å². The molecule has 2 aromatic carbocycles. The van der Waals surface area contributed by atoms with E-state index < -0.39 is 0 Å². The molecular formula is C16H22Cl2N2O. The summed E-state index contributed by atoms with van der Waals surface area (Å²) in [6.07, 6.45) is 0. The van der Waals surface area contributed by atoms with Crippen molar-refractivity contribution in [3.05, 3.63) is 42.0 Å². The van der Waals surface area contributed by atoms with Crippen LogP contribution in [-0.4, -0.2) is 36.2 Å². The summed E-state index contributed by atoms with van der Waals surface area (Å²) < 4.78 is 0. The molecule has 2 aromatic rings. The molecule has 1 aliphatic heterocycles. The van der Waals surface area contributed by atoms with Gasteiger partial charge < -0.3 is 10.4 Å². The maximum atomic E-state index is 9.96. The van der Waals surface area contributed by atoms with Gasteiger partial charge in [-0.15, -0.1) is 24.8 Å². The molecule has 1 heterocycles. The van der Waals surface area contributed by atoms with Gasteiger partial charge in [-0.1, -0.05) is 30.3 Å². The third-order valence-corrected chi connectivity index (χ3v) is 4.08. The summed E-state index contributed by atoms with van der Waals surface area (Å²) in [5.41, 5.74) is 1.30. The highest BCUT2D eigenvalue weighted by Gasteiger charge is 2.19. The predicted molar refractivity (Wildman–Crippen MR) is 93.0 cm³/mol. The monoisotopic (exact) mass is 328 g/mol. The van der Waals surface area contributed by atoms with E-state index >= 15 is 0 Å². The van der Waals surface area contributed by atoms with Crippen molar-refractivity contribution < 1.29 is 5.11 Å².